The third-order valence-corrected chi connectivity index (χ3v) is 3.09. The van der Waals surface area contributed by atoms with E-state index < -0.39 is 0 Å². The molecule has 18 heavy (non-hydrogen) atoms. The third kappa shape index (κ3) is 3.04. The standard InChI is InChI=1S/C12H13N3O2S/c1-8-4-11(16)10(5-14-8)12(17)13-3-2-9-6-18-7-15-9/h4-7H,2-3H2,1H3,(H,13,17)(H,14,16). The highest BCUT2D eigenvalue weighted by Gasteiger charge is 2.09. The van der Waals surface area contributed by atoms with E-state index in [1.54, 1.807) is 12.4 Å². The predicted octanol–water partition coefficient (Wildman–Crippen LogP) is 1.11. The maximum atomic E-state index is 11.8. The van der Waals surface area contributed by atoms with E-state index in [0.29, 0.717) is 13.0 Å². The largest absolute Gasteiger partial charge is 0.364 e. The smallest absolute Gasteiger partial charge is 0.256 e. The highest BCUT2D eigenvalue weighted by Crippen LogP contribution is 2.00. The van der Waals surface area contributed by atoms with Gasteiger partial charge in [0.1, 0.15) is 5.56 Å². The second kappa shape index (κ2) is 5.59. The van der Waals surface area contributed by atoms with Gasteiger partial charge in [0.05, 0.1) is 11.2 Å². The Balaban J connectivity index is 1.93. The van der Waals surface area contributed by atoms with Crippen LogP contribution in [0.25, 0.3) is 0 Å². The Kier molecular flexibility index (Phi) is 3.88. The van der Waals surface area contributed by atoms with Crippen molar-refractivity contribution in [2.45, 2.75) is 13.3 Å². The fourth-order valence-electron chi connectivity index (χ4n) is 1.51. The first kappa shape index (κ1) is 12.5. The van der Waals surface area contributed by atoms with Gasteiger partial charge in [-0.2, -0.15) is 0 Å². The lowest BCUT2D eigenvalue weighted by Gasteiger charge is -2.03. The Morgan fingerprint density at radius 3 is 3.06 bits per heavy atom. The number of rotatable bonds is 4. The van der Waals surface area contributed by atoms with E-state index in [1.807, 2.05) is 5.38 Å². The molecule has 0 atom stereocenters. The first-order chi connectivity index (χ1) is 8.66. The van der Waals surface area contributed by atoms with Gasteiger partial charge in [-0.1, -0.05) is 0 Å². The van der Waals surface area contributed by atoms with E-state index in [2.05, 4.69) is 15.3 Å². The number of hydrogen-bond acceptors (Lipinski definition) is 4. The molecule has 2 aromatic heterocycles. The average molecular weight is 263 g/mol. The number of aromatic nitrogens is 2. The molecular formula is C12H13N3O2S. The molecule has 0 fully saturated rings. The molecule has 94 valence electrons. The van der Waals surface area contributed by atoms with Crippen LogP contribution in [0.4, 0.5) is 0 Å². The summed E-state index contributed by atoms with van der Waals surface area (Å²) < 4.78 is 0. The van der Waals surface area contributed by atoms with Crippen LogP contribution in [0.2, 0.25) is 0 Å². The molecule has 0 saturated carbocycles. The van der Waals surface area contributed by atoms with Crippen molar-refractivity contribution in [3.8, 4) is 0 Å². The molecule has 0 saturated heterocycles. The second-order valence-corrected chi connectivity index (χ2v) is 4.60. The maximum Gasteiger partial charge on any atom is 0.256 e. The van der Waals surface area contributed by atoms with Gasteiger partial charge in [-0.3, -0.25) is 9.59 Å². The molecule has 0 unspecified atom stereocenters. The summed E-state index contributed by atoms with van der Waals surface area (Å²) >= 11 is 1.52. The Bertz CT molecular complexity index is 590. The summed E-state index contributed by atoms with van der Waals surface area (Å²) in [4.78, 5) is 30.3. The summed E-state index contributed by atoms with van der Waals surface area (Å²) in [6.07, 6.45) is 2.11. The molecule has 0 aromatic carbocycles. The minimum atomic E-state index is -0.355. The van der Waals surface area contributed by atoms with Gasteiger partial charge in [0.25, 0.3) is 5.91 Å². The molecule has 0 aliphatic rings. The summed E-state index contributed by atoms with van der Waals surface area (Å²) in [6.45, 7) is 2.24. The van der Waals surface area contributed by atoms with E-state index in [9.17, 15) is 9.59 Å². The number of hydrogen-bond donors (Lipinski definition) is 2. The van der Waals surface area contributed by atoms with Crippen molar-refractivity contribution in [1.29, 1.82) is 0 Å². The number of H-pyrrole nitrogens is 1. The minimum Gasteiger partial charge on any atom is -0.364 e. The van der Waals surface area contributed by atoms with Crippen LogP contribution < -0.4 is 10.7 Å². The fraction of sp³-hybridized carbons (Fsp3) is 0.250. The number of carbonyl (C=O) groups excluding carboxylic acids is 1. The highest BCUT2D eigenvalue weighted by atomic mass is 32.1. The maximum absolute atomic E-state index is 11.8. The van der Waals surface area contributed by atoms with E-state index >= 15 is 0 Å². The lowest BCUT2D eigenvalue weighted by molar-refractivity contribution is 0.0952. The zero-order chi connectivity index (χ0) is 13.0. The van der Waals surface area contributed by atoms with Crippen LogP contribution in [0.5, 0.6) is 0 Å². The molecule has 0 bridgehead atoms. The molecule has 2 heterocycles. The van der Waals surface area contributed by atoms with Crippen molar-refractivity contribution < 1.29 is 4.79 Å². The predicted molar refractivity (Wildman–Crippen MR) is 70.0 cm³/mol. The Hall–Kier alpha value is -1.95. The molecule has 2 rings (SSSR count). The molecule has 6 heteroatoms. The Morgan fingerprint density at radius 1 is 1.56 bits per heavy atom. The van der Waals surface area contributed by atoms with Crippen molar-refractivity contribution >= 4 is 17.2 Å². The first-order valence-electron chi connectivity index (χ1n) is 5.51. The second-order valence-electron chi connectivity index (χ2n) is 3.88. The average Bonchev–Trinajstić information content (AvgIpc) is 2.81. The molecule has 0 aliphatic heterocycles. The molecule has 5 nitrogen and oxygen atoms in total. The van der Waals surface area contributed by atoms with E-state index in [-0.39, 0.29) is 16.9 Å². The molecule has 1 amide bonds. The number of thiazole rings is 1. The SMILES string of the molecule is Cc1cc(=O)c(C(=O)NCCc2cscn2)c[nH]1. The number of pyridine rings is 1. The summed E-state index contributed by atoms with van der Waals surface area (Å²) in [7, 11) is 0. The molecule has 2 N–H and O–H groups in total. The van der Waals surface area contributed by atoms with Crippen LogP contribution >= 0.6 is 11.3 Å². The van der Waals surface area contributed by atoms with Crippen molar-refractivity contribution in [2.24, 2.45) is 0 Å². The number of nitrogens with zero attached hydrogens (tertiary/aromatic N) is 1. The third-order valence-electron chi connectivity index (χ3n) is 2.45. The van der Waals surface area contributed by atoms with E-state index in [1.165, 1.54) is 23.6 Å². The Morgan fingerprint density at radius 2 is 2.39 bits per heavy atom. The molecule has 0 aliphatic carbocycles. The lowest BCUT2D eigenvalue weighted by Crippen LogP contribution is -2.30. The van der Waals surface area contributed by atoms with Gasteiger partial charge in [-0.05, 0) is 6.92 Å². The molecule has 0 radical (unpaired) electrons. The van der Waals surface area contributed by atoms with Crippen molar-refractivity contribution in [3.63, 3.8) is 0 Å². The van der Waals surface area contributed by atoms with E-state index in [4.69, 9.17) is 0 Å². The van der Waals surface area contributed by atoms with Crippen LogP contribution in [0.3, 0.4) is 0 Å². The summed E-state index contributed by atoms with van der Waals surface area (Å²) in [5.74, 6) is -0.355. The molecule has 2 aromatic rings. The van der Waals surface area contributed by atoms with Gasteiger partial charge >= 0.3 is 0 Å². The summed E-state index contributed by atoms with van der Waals surface area (Å²) in [5, 5.41) is 4.64. The Labute approximate surface area is 108 Å². The lowest BCUT2D eigenvalue weighted by atomic mass is 10.2. The van der Waals surface area contributed by atoms with Crippen molar-refractivity contribution in [2.75, 3.05) is 6.54 Å². The molecule has 0 spiro atoms. The topological polar surface area (TPSA) is 74.8 Å². The highest BCUT2D eigenvalue weighted by molar-refractivity contribution is 7.07. The zero-order valence-electron chi connectivity index (χ0n) is 9.90. The number of nitrogens with one attached hydrogen (secondary N) is 2. The zero-order valence-corrected chi connectivity index (χ0v) is 10.7. The molecular weight excluding hydrogens is 250 g/mol. The first-order valence-corrected chi connectivity index (χ1v) is 6.45. The minimum absolute atomic E-state index is 0.138. The number of aryl methyl sites for hydroxylation is 1. The van der Waals surface area contributed by atoms with Gasteiger partial charge in [0, 0.05) is 36.3 Å². The van der Waals surface area contributed by atoms with Crippen LogP contribution in [0.1, 0.15) is 21.7 Å². The van der Waals surface area contributed by atoms with E-state index in [0.717, 1.165) is 11.4 Å². The van der Waals surface area contributed by atoms with Crippen LogP contribution in [0.15, 0.2) is 27.9 Å². The number of aromatic amines is 1. The van der Waals surface area contributed by atoms with Gasteiger partial charge in [0.15, 0.2) is 5.43 Å². The van der Waals surface area contributed by atoms with Crippen LogP contribution in [-0.4, -0.2) is 22.4 Å². The quantitative estimate of drug-likeness (QED) is 0.867. The van der Waals surface area contributed by atoms with Crippen molar-refractivity contribution in [3.05, 3.63) is 50.3 Å². The monoisotopic (exact) mass is 263 g/mol. The summed E-state index contributed by atoms with van der Waals surface area (Å²) in [6, 6.07) is 1.41. The van der Waals surface area contributed by atoms with Crippen LogP contribution in [-0.2, 0) is 6.42 Å². The van der Waals surface area contributed by atoms with Crippen molar-refractivity contribution in [1.82, 2.24) is 15.3 Å². The van der Waals surface area contributed by atoms with Gasteiger partial charge in [0.2, 0.25) is 0 Å². The number of amides is 1. The number of carbonyl (C=O) groups is 1. The van der Waals surface area contributed by atoms with Crippen LogP contribution in [0, 0.1) is 6.92 Å². The van der Waals surface area contributed by atoms with Gasteiger partial charge < -0.3 is 10.3 Å². The van der Waals surface area contributed by atoms with Gasteiger partial charge in [-0.25, -0.2) is 4.98 Å². The summed E-state index contributed by atoms with van der Waals surface area (Å²) in [5.41, 5.74) is 3.30. The van der Waals surface area contributed by atoms with Gasteiger partial charge in [-0.15, -0.1) is 11.3 Å². The fourth-order valence-corrected chi connectivity index (χ4v) is 2.10. The normalized spacial score (nSPS) is 10.3.